The maximum atomic E-state index is 3.16. The van der Waals surface area contributed by atoms with E-state index in [9.17, 15) is 0 Å². The molecule has 0 bridgehead atoms. The molecule has 14 heavy (non-hydrogen) atoms. The van der Waals surface area contributed by atoms with Crippen LogP contribution < -0.4 is 0 Å². The molecule has 0 aromatic carbocycles. The van der Waals surface area contributed by atoms with Crippen LogP contribution in [0.25, 0.3) is 0 Å². The molecular weight excluding hydrogens is 168 g/mol. The minimum Gasteiger partial charge on any atom is -0.0842 e. The molecule has 0 atom stereocenters. The van der Waals surface area contributed by atoms with E-state index in [1.165, 1.54) is 0 Å². The van der Waals surface area contributed by atoms with E-state index in [-0.39, 0.29) is 0 Å². The van der Waals surface area contributed by atoms with Crippen LogP contribution in [0.15, 0.2) is 54.7 Å². The minimum absolute atomic E-state index is 1.07. The van der Waals surface area contributed by atoms with E-state index in [0.29, 0.717) is 0 Å². The first-order chi connectivity index (χ1) is 7.00. The molecule has 0 N–H and O–H groups in total. The number of hydrogen-bond donors (Lipinski definition) is 0. The number of hydrogen-bond acceptors (Lipinski definition) is 0. The first-order valence-corrected chi connectivity index (χ1v) is 5.21. The summed E-state index contributed by atoms with van der Waals surface area (Å²) in [6, 6.07) is 0. The van der Waals surface area contributed by atoms with Crippen molar-refractivity contribution >= 4 is 0 Å². The third kappa shape index (κ3) is 6.24. The van der Waals surface area contributed by atoms with Crippen molar-refractivity contribution in [1.29, 1.82) is 0 Å². The van der Waals surface area contributed by atoms with Gasteiger partial charge in [-0.1, -0.05) is 54.7 Å². The summed E-state index contributed by atoms with van der Waals surface area (Å²) < 4.78 is 0. The topological polar surface area (TPSA) is 0 Å². The molecule has 1 aliphatic rings. The molecule has 0 amide bonds. The summed E-state index contributed by atoms with van der Waals surface area (Å²) in [6.07, 6.45) is 26.5. The molecule has 0 heteroatoms. The highest BCUT2D eigenvalue weighted by atomic mass is 13.8. The van der Waals surface area contributed by atoms with Crippen LogP contribution in [0.3, 0.4) is 0 Å². The predicted molar refractivity (Wildman–Crippen MR) is 62.8 cm³/mol. The Labute approximate surface area is 87.0 Å². The Balaban J connectivity index is 2.45. The van der Waals surface area contributed by atoms with Crippen molar-refractivity contribution in [3.05, 3.63) is 60.8 Å². The van der Waals surface area contributed by atoms with Crippen LogP contribution in [0, 0.1) is 6.08 Å². The lowest BCUT2D eigenvalue weighted by Crippen LogP contribution is -1.67. The maximum absolute atomic E-state index is 3.16. The zero-order valence-electron chi connectivity index (χ0n) is 8.52. The van der Waals surface area contributed by atoms with Crippen LogP contribution in [-0.2, 0) is 0 Å². The van der Waals surface area contributed by atoms with E-state index in [0.717, 1.165) is 25.7 Å². The van der Waals surface area contributed by atoms with Crippen LogP contribution in [0.4, 0.5) is 0 Å². The van der Waals surface area contributed by atoms with E-state index < -0.39 is 0 Å². The molecular formula is C14H17. The Morgan fingerprint density at radius 1 is 0.643 bits per heavy atom. The Hall–Kier alpha value is -1.30. The van der Waals surface area contributed by atoms with Gasteiger partial charge in [0.1, 0.15) is 0 Å². The van der Waals surface area contributed by atoms with Crippen molar-refractivity contribution in [3.8, 4) is 0 Å². The van der Waals surface area contributed by atoms with Crippen LogP contribution >= 0.6 is 0 Å². The Morgan fingerprint density at radius 2 is 1.29 bits per heavy atom. The van der Waals surface area contributed by atoms with E-state index in [4.69, 9.17) is 0 Å². The van der Waals surface area contributed by atoms with Crippen molar-refractivity contribution in [2.75, 3.05) is 0 Å². The normalized spacial score (nSPS) is 29.7. The van der Waals surface area contributed by atoms with Crippen molar-refractivity contribution in [1.82, 2.24) is 0 Å². The molecule has 0 heterocycles. The SMILES string of the molecule is [C]1=C/CC/C=C/C=C\C=C\CC/C=C/1. The molecule has 1 aliphatic carbocycles. The van der Waals surface area contributed by atoms with Gasteiger partial charge >= 0.3 is 0 Å². The lowest BCUT2D eigenvalue weighted by molar-refractivity contribution is 1.04. The van der Waals surface area contributed by atoms with Crippen molar-refractivity contribution in [2.24, 2.45) is 0 Å². The Bertz CT molecular complexity index is 234. The molecule has 0 aromatic heterocycles. The third-order valence-corrected chi connectivity index (χ3v) is 1.92. The van der Waals surface area contributed by atoms with E-state index in [2.05, 4.69) is 54.7 Å². The van der Waals surface area contributed by atoms with E-state index in [1.807, 2.05) is 6.08 Å². The van der Waals surface area contributed by atoms with E-state index >= 15 is 0 Å². The van der Waals surface area contributed by atoms with Gasteiger partial charge in [0.05, 0.1) is 0 Å². The summed E-state index contributed by atoms with van der Waals surface area (Å²) in [5.74, 6) is 0. The largest absolute Gasteiger partial charge is 0.0842 e. The molecule has 0 spiro atoms. The predicted octanol–water partition coefficient (Wildman–Crippen LogP) is 4.14. The summed E-state index contributed by atoms with van der Waals surface area (Å²) in [5, 5.41) is 0. The highest BCUT2D eigenvalue weighted by Crippen LogP contribution is 1.97. The van der Waals surface area contributed by atoms with E-state index in [1.54, 1.807) is 0 Å². The number of allylic oxidation sites excluding steroid dienone is 10. The monoisotopic (exact) mass is 185 g/mol. The average Bonchev–Trinajstić information content (AvgIpc) is 2.22. The van der Waals surface area contributed by atoms with Gasteiger partial charge in [-0.05, 0) is 31.8 Å². The molecule has 0 fully saturated rings. The quantitative estimate of drug-likeness (QED) is 0.532. The van der Waals surface area contributed by atoms with Gasteiger partial charge in [0.15, 0.2) is 0 Å². The van der Waals surface area contributed by atoms with Gasteiger partial charge in [0, 0.05) is 0 Å². The molecule has 0 saturated heterocycles. The summed E-state index contributed by atoms with van der Waals surface area (Å²) in [6.45, 7) is 0. The third-order valence-electron chi connectivity index (χ3n) is 1.92. The fourth-order valence-corrected chi connectivity index (χ4v) is 1.15. The van der Waals surface area contributed by atoms with Crippen LogP contribution in [0.5, 0.6) is 0 Å². The lowest BCUT2D eigenvalue weighted by Gasteiger charge is -1.86. The summed E-state index contributed by atoms with van der Waals surface area (Å²) in [5.41, 5.74) is 0. The molecule has 0 nitrogen and oxygen atoms in total. The molecule has 1 radical (unpaired) electrons. The Morgan fingerprint density at radius 3 is 2.07 bits per heavy atom. The van der Waals surface area contributed by atoms with Crippen molar-refractivity contribution < 1.29 is 0 Å². The zero-order valence-corrected chi connectivity index (χ0v) is 8.52. The summed E-state index contributed by atoms with van der Waals surface area (Å²) in [7, 11) is 0. The first kappa shape index (κ1) is 10.8. The Kier molecular flexibility index (Phi) is 6.39. The highest BCUT2D eigenvalue weighted by molar-refractivity contribution is 5.11. The van der Waals surface area contributed by atoms with Gasteiger partial charge in [-0.3, -0.25) is 0 Å². The van der Waals surface area contributed by atoms with Crippen molar-refractivity contribution in [2.45, 2.75) is 25.7 Å². The van der Waals surface area contributed by atoms with Gasteiger partial charge in [0.25, 0.3) is 0 Å². The standard InChI is InChI=1S/C14H17/c1-2-4-6-8-10-12-14-13-11-9-7-5-3-1/h1-6,11-13H,7-10H2/b2-1-,5-3+,6-4+,13-11+,14-12?. The molecule has 0 saturated carbocycles. The minimum atomic E-state index is 1.07. The van der Waals surface area contributed by atoms with Crippen molar-refractivity contribution in [3.63, 3.8) is 0 Å². The van der Waals surface area contributed by atoms with Gasteiger partial charge in [-0.25, -0.2) is 0 Å². The fourth-order valence-electron chi connectivity index (χ4n) is 1.15. The molecule has 73 valence electrons. The maximum Gasteiger partial charge on any atom is -0.0230 e. The lowest BCUT2D eigenvalue weighted by atomic mass is 10.2. The molecule has 1 rings (SSSR count). The van der Waals surface area contributed by atoms with Crippen LogP contribution in [0.1, 0.15) is 25.7 Å². The zero-order chi connectivity index (χ0) is 9.90. The number of rotatable bonds is 0. The molecule has 0 unspecified atom stereocenters. The second-order valence-electron chi connectivity index (χ2n) is 3.17. The summed E-state index contributed by atoms with van der Waals surface area (Å²) in [4.78, 5) is 0. The average molecular weight is 185 g/mol. The first-order valence-electron chi connectivity index (χ1n) is 5.21. The van der Waals surface area contributed by atoms with Gasteiger partial charge < -0.3 is 0 Å². The van der Waals surface area contributed by atoms with Gasteiger partial charge in [-0.2, -0.15) is 0 Å². The molecule has 0 aliphatic heterocycles. The fraction of sp³-hybridized carbons (Fsp3) is 0.286. The molecule has 0 aromatic rings. The summed E-state index contributed by atoms with van der Waals surface area (Å²) >= 11 is 0. The van der Waals surface area contributed by atoms with Gasteiger partial charge in [-0.15, -0.1) is 0 Å². The second kappa shape index (κ2) is 8.31. The highest BCUT2D eigenvalue weighted by Gasteiger charge is 1.77. The van der Waals surface area contributed by atoms with Crippen LogP contribution in [-0.4, -0.2) is 0 Å². The van der Waals surface area contributed by atoms with Gasteiger partial charge in [0.2, 0.25) is 0 Å². The second-order valence-corrected chi connectivity index (χ2v) is 3.17. The van der Waals surface area contributed by atoms with Crippen LogP contribution in [0.2, 0.25) is 0 Å². The smallest absolute Gasteiger partial charge is 0.0230 e.